The van der Waals surface area contributed by atoms with Crippen molar-refractivity contribution in [1.82, 2.24) is 4.90 Å². The molecule has 0 unspecified atom stereocenters. The van der Waals surface area contributed by atoms with Gasteiger partial charge in [0, 0.05) is 18.7 Å². The summed E-state index contributed by atoms with van der Waals surface area (Å²) in [6.07, 6.45) is 1.33. The number of ether oxygens (including phenoxy) is 2. The van der Waals surface area contributed by atoms with Gasteiger partial charge in [0.25, 0.3) is 0 Å². The van der Waals surface area contributed by atoms with Crippen LogP contribution in [0.1, 0.15) is 23.6 Å². The number of rotatable bonds is 11. The van der Waals surface area contributed by atoms with Gasteiger partial charge in [0.2, 0.25) is 5.60 Å². The van der Waals surface area contributed by atoms with Gasteiger partial charge >= 0.3 is 5.97 Å². The summed E-state index contributed by atoms with van der Waals surface area (Å²) in [7, 11) is 0. The van der Waals surface area contributed by atoms with Gasteiger partial charge in [0.05, 0.1) is 19.4 Å². The van der Waals surface area contributed by atoms with Gasteiger partial charge in [-0.15, -0.1) is 0 Å². The summed E-state index contributed by atoms with van der Waals surface area (Å²) in [6, 6.07) is 29.9. The zero-order valence-electron chi connectivity index (χ0n) is 17.9. The van der Waals surface area contributed by atoms with Crippen LogP contribution in [0.3, 0.4) is 0 Å². The zero-order valence-corrected chi connectivity index (χ0v) is 17.9. The fourth-order valence-corrected chi connectivity index (χ4v) is 3.69. The Morgan fingerprint density at radius 1 is 0.871 bits per heavy atom. The summed E-state index contributed by atoms with van der Waals surface area (Å²) in [5, 5.41) is 0. The molecule has 0 heterocycles. The number of hydrogen-bond donors (Lipinski definition) is 0. The molecule has 0 aromatic heterocycles. The van der Waals surface area contributed by atoms with Crippen molar-refractivity contribution >= 4 is 5.97 Å². The highest BCUT2D eigenvalue weighted by Crippen LogP contribution is 2.31. The Balaban J connectivity index is 2.01. The minimum absolute atomic E-state index is 0.269. The predicted octanol–water partition coefficient (Wildman–Crippen LogP) is 5.31. The Kier molecular flexibility index (Phi) is 8.02. The molecule has 160 valence electrons. The smallest absolute Gasteiger partial charge is 0.356 e. The largest absolute Gasteiger partial charge is 0.478 e. The maximum Gasteiger partial charge on any atom is 0.356 e. The lowest BCUT2D eigenvalue weighted by Crippen LogP contribution is -2.48. The Bertz CT molecular complexity index is 902. The summed E-state index contributed by atoms with van der Waals surface area (Å²) in [4.78, 5) is 15.5. The first-order valence-electron chi connectivity index (χ1n) is 10.5. The molecular weight excluding hydrogens is 386 g/mol. The number of esters is 1. The van der Waals surface area contributed by atoms with Crippen molar-refractivity contribution in [3.05, 3.63) is 121 Å². The first-order chi connectivity index (χ1) is 15.2. The Morgan fingerprint density at radius 2 is 1.35 bits per heavy atom. The Morgan fingerprint density at radius 3 is 1.81 bits per heavy atom. The molecule has 31 heavy (non-hydrogen) atoms. The van der Waals surface area contributed by atoms with E-state index in [1.54, 1.807) is 6.92 Å². The second-order valence-corrected chi connectivity index (χ2v) is 7.31. The highest BCUT2D eigenvalue weighted by Gasteiger charge is 2.45. The molecule has 0 aliphatic rings. The van der Waals surface area contributed by atoms with E-state index in [1.807, 2.05) is 66.7 Å². The molecule has 0 N–H and O–H groups in total. The molecule has 0 aliphatic heterocycles. The highest BCUT2D eigenvalue weighted by atomic mass is 16.6. The van der Waals surface area contributed by atoms with E-state index in [2.05, 4.69) is 35.7 Å². The van der Waals surface area contributed by atoms with Crippen LogP contribution in [0.25, 0.3) is 0 Å². The van der Waals surface area contributed by atoms with Crippen LogP contribution in [0, 0.1) is 0 Å². The maximum absolute atomic E-state index is 13.3. The van der Waals surface area contributed by atoms with Gasteiger partial charge in [-0.3, -0.25) is 4.90 Å². The van der Waals surface area contributed by atoms with Gasteiger partial charge in [-0.1, -0.05) is 97.6 Å². The summed E-state index contributed by atoms with van der Waals surface area (Å²) in [5.74, 6) is -0.424. The van der Waals surface area contributed by atoms with E-state index in [0.29, 0.717) is 19.6 Å². The van der Waals surface area contributed by atoms with Crippen LogP contribution in [-0.4, -0.2) is 24.0 Å². The average Bonchev–Trinajstić information content (AvgIpc) is 2.81. The zero-order chi connectivity index (χ0) is 21.9. The molecule has 0 radical (unpaired) electrons. The molecule has 3 rings (SSSR count). The lowest BCUT2D eigenvalue weighted by Gasteiger charge is -2.36. The highest BCUT2D eigenvalue weighted by molar-refractivity contribution is 5.82. The third-order valence-electron chi connectivity index (χ3n) is 5.07. The molecule has 0 spiro atoms. The van der Waals surface area contributed by atoms with Gasteiger partial charge < -0.3 is 9.47 Å². The number of carbonyl (C=O) groups excluding carboxylic acids is 1. The van der Waals surface area contributed by atoms with Crippen molar-refractivity contribution < 1.29 is 14.3 Å². The van der Waals surface area contributed by atoms with E-state index in [1.165, 1.54) is 6.26 Å². The number of hydrogen-bond acceptors (Lipinski definition) is 4. The van der Waals surface area contributed by atoms with Gasteiger partial charge in [-0.25, -0.2) is 4.79 Å². The van der Waals surface area contributed by atoms with E-state index >= 15 is 0 Å². The van der Waals surface area contributed by atoms with E-state index in [9.17, 15) is 4.79 Å². The van der Waals surface area contributed by atoms with Crippen LogP contribution in [0.4, 0.5) is 0 Å². The van der Waals surface area contributed by atoms with Crippen molar-refractivity contribution in [2.45, 2.75) is 25.6 Å². The molecule has 0 amide bonds. The summed E-state index contributed by atoms with van der Waals surface area (Å²) in [5.41, 5.74) is 1.73. The quantitative estimate of drug-likeness (QED) is 0.314. The monoisotopic (exact) mass is 415 g/mol. The third-order valence-corrected chi connectivity index (χ3v) is 5.07. The van der Waals surface area contributed by atoms with Crippen LogP contribution in [0.2, 0.25) is 0 Å². The van der Waals surface area contributed by atoms with Crippen LogP contribution in [0.15, 0.2) is 104 Å². The topological polar surface area (TPSA) is 38.8 Å². The van der Waals surface area contributed by atoms with Crippen molar-refractivity contribution in [3.63, 3.8) is 0 Å². The standard InChI is InChI=1S/C27H29NO3/c1-3-30-26(29)27(31-4-2,25-18-12-7-13-19-25)22-28(20-23-14-8-5-9-15-23)21-24-16-10-6-11-17-24/h4-19H,2-3,20-22H2,1H3/t27-/m0/s1. The molecule has 0 saturated carbocycles. The molecule has 3 aromatic rings. The van der Waals surface area contributed by atoms with Crippen LogP contribution in [-0.2, 0) is 33.0 Å². The lowest BCUT2D eigenvalue weighted by atomic mass is 9.92. The normalized spacial score (nSPS) is 12.7. The molecule has 4 nitrogen and oxygen atoms in total. The second-order valence-electron chi connectivity index (χ2n) is 7.31. The Hall–Kier alpha value is -3.37. The number of carbonyl (C=O) groups is 1. The Labute approximate surface area is 184 Å². The summed E-state index contributed by atoms with van der Waals surface area (Å²) >= 11 is 0. The van der Waals surface area contributed by atoms with Crippen LogP contribution >= 0.6 is 0 Å². The summed E-state index contributed by atoms with van der Waals surface area (Å²) < 4.78 is 11.5. The molecule has 0 saturated heterocycles. The van der Waals surface area contributed by atoms with Crippen LogP contribution < -0.4 is 0 Å². The van der Waals surface area contributed by atoms with E-state index < -0.39 is 11.6 Å². The van der Waals surface area contributed by atoms with E-state index in [0.717, 1.165) is 16.7 Å². The molecule has 0 aliphatic carbocycles. The lowest BCUT2D eigenvalue weighted by molar-refractivity contribution is -0.170. The minimum atomic E-state index is -1.32. The van der Waals surface area contributed by atoms with Gasteiger partial charge in [0.15, 0.2) is 0 Å². The second kappa shape index (κ2) is 11.1. The van der Waals surface area contributed by atoms with Gasteiger partial charge in [-0.2, -0.15) is 0 Å². The maximum atomic E-state index is 13.3. The number of benzene rings is 3. The molecule has 1 atom stereocenters. The van der Waals surface area contributed by atoms with Gasteiger partial charge in [0.1, 0.15) is 0 Å². The SMILES string of the molecule is C=CO[C@](CN(Cc1ccccc1)Cc1ccccc1)(C(=O)OCC)c1ccccc1. The van der Waals surface area contributed by atoms with E-state index in [-0.39, 0.29) is 6.61 Å². The van der Waals surface area contributed by atoms with Crippen molar-refractivity contribution in [3.8, 4) is 0 Å². The fourth-order valence-electron chi connectivity index (χ4n) is 3.69. The van der Waals surface area contributed by atoms with Crippen molar-refractivity contribution in [1.29, 1.82) is 0 Å². The molecule has 3 aromatic carbocycles. The van der Waals surface area contributed by atoms with Crippen molar-refractivity contribution in [2.24, 2.45) is 0 Å². The summed E-state index contributed by atoms with van der Waals surface area (Å²) in [6.45, 7) is 7.43. The van der Waals surface area contributed by atoms with Crippen LogP contribution in [0.5, 0.6) is 0 Å². The first-order valence-corrected chi connectivity index (χ1v) is 10.5. The van der Waals surface area contributed by atoms with E-state index in [4.69, 9.17) is 9.47 Å². The predicted molar refractivity (Wildman–Crippen MR) is 123 cm³/mol. The van der Waals surface area contributed by atoms with Crippen molar-refractivity contribution in [2.75, 3.05) is 13.2 Å². The molecular formula is C27H29NO3. The first kappa shape index (κ1) is 22.3. The fraction of sp³-hybridized carbons (Fsp3) is 0.222. The molecule has 0 fully saturated rings. The molecule has 0 bridgehead atoms. The number of nitrogens with zero attached hydrogens (tertiary/aromatic N) is 1. The molecule has 4 heteroatoms. The van der Waals surface area contributed by atoms with Gasteiger partial charge in [-0.05, 0) is 18.1 Å². The average molecular weight is 416 g/mol. The minimum Gasteiger partial charge on any atom is -0.478 e. The third kappa shape index (κ3) is 5.83.